The van der Waals surface area contributed by atoms with Gasteiger partial charge in [-0.05, 0) is 12.3 Å². The van der Waals surface area contributed by atoms with Crippen LogP contribution in [0.3, 0.4) is 0 Å². The predicted molar refractivity (Wildman–Crippen MR) is 77.0 cm³/mol. The lowest BCUT2D eigenvalue weighted by atomic mass is 9.88. The van der Waals surface area contributed by atoms with Gasteiger partial charge in [0.25, 0.3) is 0 Å². The van der Waals surface area contributed by atoms with E-state index in [4.69, 9.17) is 0 Å². The smallest absolute Gasteiger partial charge is 0.411 e. The number of carboxylic acid groups (broad SMARTS) is 1. The first-order chi connectivity index (χ1) is 9.22. The highest BCUT2D eigenvalue weighted by Crippen LogP contribution is 2.40. The molecule has 0 unspecified atom stereocenters. The van der Waals surface area contributed by atoms with E-state index in [9.17, 15) is 15.1 Å². The molecule has 0 fully saturated rings. The van der Waals surface area contributed by atoms with E-state index in [-0.39, 0.29) is 5.41 Å². The Hall–Kier alpha value is -1.78. The number of carbonyl (C=O) groups is 1. The number of nitrogens with zero attached hydrogens (tertiary/aromatic N) is 2. The van der Waals surface area contributed by atoms with Crippen LogP contribution in [0.15, 0.2) is 12.3 Å². The molecular formula is C15H22N2O3. The van der Waals surface area contributed by atoms with Crippen molar-refractivity contribution in [3.05, 3.63) is 28.7 Å². The van der Waals surface area contributed by atoms with Crippen molar-refractivity contribution in [3.8, 4) is 0 Å². The van der Waals surface area contributed by atoms with Crippen molar-refractivity contribution in [3.63, 3.8) is 0 Å². The fourth-order valence-electron chi connectivity index (χ4n) is 2.67. The molecule has 0 saturated carbocycles. The van der Waals surface area contributed by atoms with Gasteiger partial charge in [-0.1, -0.05) is 27.7 Å². The number of anilines is 1. The molecule has 0 aliphatic carbocycles. The Labute approximate surface area is 119 Å². The summed E-state index contributed by atoms with van der Waals surface area (Å²) in [4.78, 5) is 12.7. The van der Waals surface area contributed by atoms with Crippen LogP contribution >= 0.6 is 0 Å². The van der Waals surface area contributed by atoms with E-state index < -0.39 is 6.09 Å². The van der Waals surface area contributed by atoms with Gasteiger partial charge in [-0.15, -0.1) is 0 Å². The van der Waals surface area contributed by atoms with Gasteiger partial charge in [0.2, 0.25) is 0 Å². The lowest BCUT2D eigenvalue weighted by molar-refractivity contribution is -0.614. The molecule has 2 heterocycles. The van der Waals surface area contributed by atoms with Gasteiger partial charge in [-0.25, -0.2) is 4.79 Å². The number of amides is 1. The zero-order valence-electron chi connectivity index (χ0n) is 12.5. The van der Waals surface area contributed by atoms with Crippen LogP contribution in [0, 0.1) is 11.1 Å². The highest BCUT2D eigenvalue weighted by Gasteiger charge is 2.40. The van der Waals surface area contributed by atoms with Crippen molar-refractivity contribution in [1.29, 1.82) is 0 Å². The lowest BCUT2D eigenvalue weighted by Crippen LogP contribution is -2.33. The van der Waals surface area contributed by atoms with Gasteiger partial charge in [0.1, 0.15) is 0 Å². The third-order valence-electron chi connectivity index (χ3n) is 3.89. The van der Waals surface area contributed by atoms with Gasteiger partial charge < -0.3 is 10.3 Å². The molecule has 0 spiro atoms. The number of pyridine rings is 1. The first kappa shape index (κ1) is 14.6. The molecule has 20 heavy (non-hydrogen) atoms. The molecule has 1 aromatic rings. The SMILES string of the molecule is CC(C)CCc1cc2c(c[n+]1[O-])C(C)(C)CN2C(=O)O. The van der Waals surface area contributed by atoms with Crippen molar-refractivity contribution in [2.75, 3.05) is 11.4 Å². The van der Waals surface area contributed by atoms with E-state index in [0.717, 1.165) is 16.7 Å². The van der Waals surface area contributed by atoms with Crippen LogP contribution in [-0.2, 0) is 11.8 Å². The van der Waals surface area contributed by atoms with E-state index in [0.29, 0.717) is 30.3 Å². The summed E-state index contributed by atoms with van der Waals surface area (Å²) < 4.78 is 0.897. The Bertz CT molecular complexity index is 538. The summed E-state index contributed by atoms with van der Waals surface area (Å²) in [6.45, 7) is 8.53. The summed E-state index contributed by atoms with van der Waals surface area (Å²) >= 11 is 0. The second-order valence-electron chi connectivity index (χ2n) is 6.57. The Balaban J connectivity index is 2.42. The van der Waals surface area contributed by atoms with Crippen LogP contribution in [0.2, 0.25) is 0 Å². The average Bonchev–Trinajstić information content (AvgIpc) is 2.58. The van der Waals surface area contributed by atoms with Crippen LogP contribution < -0.4 is 9.63 Å². The highest BCUT2D eigenvalue weighted by molar-refractivity contribution is 5.89. The molecule has 0 saturated heterocycles. The maximum Gasteiger partial charge on any atom is 0.411 e. The zero-order chi connectivity index (χ0) is 15.1. The molecule has 0 atom stereocenters. The number of hydrogen-bond acceptors (Lipinski definition) is 2. The Morgan fingerprint density at radius 2 is 2.20 bits per heavy atom. The molecule has 1 N–H and O–H groups in total. The fraction of sp³-hybridized carbons (Fsp3) is 0.600. The van der Waals surface area contributed by atoms with Crippen LogP contribution in [0.5, 0.6) is 0 Å². The van der Waals surface area contributed by atoms with Gasteiger partial charge >= 0.3 is 6.09 Å². The molecule has 5 nitrogen and oxygen atoms in total. The number of rotatable bonds is 3. The second kappa shape index (κ2) is 4.96. The van der Waals surface area contributed by atoms with Crippen LogP contribution in [0.25, 0.3) is 0 Å². The van der Waals surface area contributed by atoms with Gasteiger partial charge in [-0.3, -0.25) is 4.90 Å². The minimum atomic E-state index is -0.963. The first-order valence-electron chi connectivity index (χ1n) is 6.99. The second-order valence-corrected chi connectivity index (χ2v) is 6.57. The molecule has 1 aromatic heterocycles. The standard InChI is InChI=1S/C15H22N2O3/c1-10(2)5-6-11-7-13-12(8-17(11)20)15(3,4)9-16(13)14(18)19/h7-8,10H,5-6,9H2,1-4H3,(H,18,19). The number of aromatic nitrogens is 1. The van der Waals surface area contributed by atoms with Crippen LogP contribution in [0.1, 0.15) is 45.4 Å². The predicted octanol–water partition coefficient (Wildman–Crippen LogP) is 2.68. The van der Waals surface area contributed by atoms with Gasteiger partial charge in [0.15, 0.2) is 11.9 Å². The largest absolute Gasteiger partial charge is 0.618 e. The van der Waals surface area contributed by atoms with Gasteiger partial charge in [-0.2, -0.15) is 4.73 Å². The monoisotopic (exact) mass is 278 g/mol. The maximum absolute atomic E-state index is 12.1. The Morgan fingerprint density at radius 3 is 2.75 bits per heavy atom. The quantitative estimate of drug-likeness (QED) is 0.682. The molecular weight excluding hydrogens is 256 g/mol. The van der Waals surface area contributed by atoms with Crippen molar-refractivity contribution < 1.29 is 14.6 Å². The fourth-order valence-corrected chi connectivity index (χ4v) is 2.67. The van der Waals surface area contributed by atoms with E-state index in [1.54, 1.807) is 12.3 Å². The molecule has 1 aliphatic heterocycles. The third kappa shape index (κ3) is 2.57. The normalized spacial score (nSPS) is 16.6. The first-order valence-corrected chi connectivity index (χ1v) is 6.99. The molecule has 0 bridgehead atoms. The lowest BCUT2D eigenvalue weighted by Gasteiger charge is -2.17. The minimum absolute atomic E-state index is 0.323. The van der Waals surface area contributed by atoms with Crippen molar-refractivity contribution in [2.45, 2.75) is 46.0 Å². The third-order valence-corrected chi connectivity index (χ3v) is 3.89. The maximum atomic E-state index is 12.1. The van der Waals surface area contributed by atoms with Crippen molar-refractivity contribution >= 4 is 11.8 Å². The summed E-state index contributed by atoms with van der Waals surface area (Å²) in [5, 5.41) is 21.4. The average molecular weight is 278 g/mol. The topological polar surface area (TPSA) is 67.5 Å². The van der Waals surface area contributed by atoms with E-state index >= 15 is 0 Å². The molecule has 2 rings (SSSR count). The number of fused-ring (bicyclic) bond motifs is 1. The van der Waals surface area contributed by atoms with Crippen LogP contribution in [-0.4, -0.2) is 17.7 Å². The van der Waals surface area contributed by atoms with E-state index in [1.807, 2.05) is 13.8 Å². The molecule has 1 aliphatic rings. The molecule has 0 radical (unpaired) electrons. The zero-order valence-corrected chi connectivity index (χ0v) is 12.5. The Morgan fingerprint density at radius 1 is 1.55 bits per heavy atom. The molecule has 0 aromatic carbocycles. The summed E-state index contributed by atoms with van der Waals surface area (Å²) in [6.07, 6.45) is 2.17. The summed E-state index contributed by atoms with van der Waals surface area (Å²) in [5.74, 6) is 0.510. The Kier molecular flexibility index (Phi) is 3.63. The van der Waals surface area contributed by atoms with Crippen molar-refractivity contribution in [1.82, 2.24) is 0 Å². The summed E-state index contributed by atoms with van der Waals surface area (Å²) in [6, 6.07) is 1.74. The van der Waals surface area contributed by atoms with Crippen LogP contribution in [0.4, 0.5) is 10.5 Å². The molecule has 110 valence electrons. The van der Waals surface area contributed by atoms with Gasteiger partial charge in [0, 0.05) is 30.0 Å². The van der Waals surface area contributed by atoms with Crippen molar-refractivity contribution in [2.24, 2.45) is 5.92 Å². The summed E-state index contributed by atoms with van der Waals surface area (Å²) in [7, 11) is 0. The highest BCUT2D eigenvalue weighted by atomic mass is 16.5. The minimum Gasteiger partial charge on any atom is -0.618 e. The van der Waals surface area contributed by atoms with E-state index in [2.05, 4.69) is 13.8 Å². The molecule has 5 heteroatoms. The van der Waals surface area contributed by atoms with E-state index in [1.165, 1.54) is 4.90 Å². The molecule has 1 amide bonds. The number of aryl methyl sites for hydroxylation is 1. The van der Waals surface area contributed by atoms with Gasteiger partial charge in [0.05, 0.1) is 5.69 Å². The summed E-state index contributed by atoms with van der Waals surface area (Å²) in [5.41, 5.74) is 1.79. The number of hydrogen-bond donors (Lipinski definition) is 1.